The van der Waals surface area contributed by atoms with Crippen LogP contribution in [0.15, 0.2) is 12.1 Å². The number of phenols is 1. The molecule has 19 heavy (non-hydrogen) atoms. The highest BCUT2D eigenvalue weighted by Crippen LogP contribution is 2.40. The van der Waals surface area contributed by atoms with E-state index in [2.05, 4.69) is 26.1 Å². The van der Waals surface area contributed by atoms with Crippen molar-refractivity contribution in [3.8, 4) is 5.75 Å². The minimum Gasteiger partial charge on any atom is -0.505 e. The van der Waals surface area contributed by atoms with Gasteiger partial charge in [0.05, 0.1) is 10.0 Å². The van der Waals surface area contributed by atoms with Crippen LogP contribution in [-0.4, -0.2) is 11.1 Å². The van der Waals surface area contributed by atoms with E-state index >= 15 is 0 Å². The molecule has 0 spiro atoms. The number of rotatable bonds is 2. The van der Waals surface area contributed by atoms with E-state index in [1.165, 1.54) is 12.8 Å². The van der Waals surface area contributed by atoms with Crippen molar-refractivity contribution < 1.29 is 5.11 Å². The maximum atomic E-state index is 9.57. The zero-order valence-electron chi connectivity index (χ0n) is 11.6. The van der Waals surface area contributed by atoms with Gasteiger partial charge in [-0.05, 0) is 42.7 Å². The normalized spacial score (nSPS) is 26.2. The van der Waals surface area contributed by atoms with Gasteiger partial charge in [-0.1, -0.05) is 44.0 Å². The molecule has 0 saturated heterocycles. The van der Waals surface area contributed by atoms with Gasteiger partial charge in [0.25, 0.3) is 0 Å². The molecular weight excluding hydrogens is 281 g/mol. The SMILES string of the molecule is CC1CC(C)(C)CCC1Nc1cc(Cl)c(O)c(Cl)c1. The van der Waals surface area contributed by atoms with Gasteiger partial charge in [-0.15, -0.1) is 0 Å². The molecule has 0 aromatic heterocycles. The van der Waals surface area contributed by atoms with Crippen LogP contribution in [0.4, 0.5) is 5.69 Å². The van der Waals surface area contributed by atoms with Crippen molar-refractivity contribution in [1.82, 2.24) is 0 Å². The Morgan fingerprint density at radius 2 is 1.84 bits per heavy atom. The van der Waals surface area contributed by atoms with Gasteiger partial charge in [0.1, 0.15) is 0 Å². The largest absolute Gasteiger partial charge is 0.505 e. The Morgan fingerprint density at radius 1 is 1.26 bits per heavy atom. The van der Waals surface area contributed by atoms with E-state index in [1.54, 1.807) is 12.1 Å². The Balaban J connectivity index is 2.10. The summed E-state index contributed by atoms with van der Waals surface area (Å²) in [5, 5.41) is 13.6. The Labute approximate surface area is 125 Å². The number of anilines is 1. The van der Waals surface area contributed by atoms with E-state index in [-0.39, 0.29) is 5.75 Å². The molecule has 2 unspecified atom stereocenters. The van der Waals surface area contributed by atoms with Crippen LogP contribution in [0.2, 0.25) is 10.0 Å². The first-order chi connectivity index (χ1) is 8.78. The highest BCUT2D eigenvalue weighted by atomic mass is 35.5. The number of halogens is 2. The lowest BCUT2D eigenvalue weighted by atomic mass is 9.70. The molecule has 1 aliphatic rings. The van der Waals surface area contributed by atoms with Gasteiger partial charge in [-0.2, -0.15) is 0 Å². The lowest BCUT2D eigenvalue weighted by Crippen LogP contribution is -2.36. The maximum absolute atomic E-state index is 9.57. The fraction of sp³-hybridized carbons (Fsp3) is 0.600. The van der Waals surface area contributed by atoms with E-state index in [4.69, 9.17) is 23.2 Å². The molecule has 0 bridgehead atoms. The number of aromatic hydroxyl groups is 1. The van der Waals surface area contributed by atoms with Crippen LogP contribution in [0.1, 0.15) is 40.0 Å². The highest BCUT2D eigenvalue weighted by Gasteiger charge is 2.32. The average Bonchev–Trinajstić information content (AvgIpc) is 2.29. The summed E-state index contributed by atoms with van der Waals surface area (Å²) in [5.41, 5.74) is 1.31. The third kappa shape index (κ3) is 3.49. The fourth-order valence-electron chi connectivity index (χ4n) is 3.02. The number of hydrogen-bond donors (Lipinski definition) is 2. The van der Waals surface area contributed by atoms with Crippen LogP contribution < -0.4 is 5.32 Å². The molecule has 1 fully saturated rings. The van der Waals surface area contributed by atoms with Gasteiger partial charge >= 0.3 is 0 Å². The lowest BCUT2D eigenvalue weighted by Gasteiger charge is -2.40. The molecule has 0 radical (unpaired) electrons. The molecule has 1 aromatic carbocycles. The van der Waals surface area contributed by atoms with Crippen molar-refractivity contribution in [1.29, 1.82) is 0 Å². The molecule has 0 heterocycles. The summed E-state index contributed by atoms with van der Waals surface area (Å²) in [4.78, 5) is 0. The first-order valence-corrected chi connectivity index (χ1v) is 7.49. The van der Waals surface area contributed by atoms with E-state index in [9.17, 15) is 5.11 Å². The quantitative estimate of drug-likeness (QED) is 0.724. The van der Waals surface area contributed by atoms with Crippen molar-refractivity contribution in [3.63, 3.8) is 0 Å². The first-order valence-electron chi connectivity index (χ1n) is 6.73. The van der Waals surface area contributed by atoms with Crippen molar-refractivity contribution in [2.75, 3.05) is 5.32 Å². The Morgan fingerprint density at radius 3 is 2.37 bits per heavy atom. The van der Waals surface area contributed by atoms with Crippen molar-refractivity contribution in [2.24, 2.45) is 11.3 Å². The summed E-state index contributed by atoms with van der Waals surface area (Å²) in [6, 6.07) is 3.90. The monoisotopic (exact) mass is 301 g/mol. The van der Waals surface area contributed by atoms with E-state index in [0.717, 1.165) is 12.1 Å². The van der Waals surface area contributed by atoms with Crippen LogP contribution in [-0.2, 0) is 0 Å². The fourth-order valence-corrected chi connectivity index (χ4v) is 3.51. The summed E-state index contributed by atoms with van der Waals surface area (Å²) >= 11 is 11.9. The molecule has 2 atom stereocenters. The van der Waals surface area contributed by atoms with E-state index in [0.29, 0.717) is 27.4 Å². The number of nitrogens with one attached hydrogen (secondary N) is 1. The average molecular weight is 302 g/mol. The number of hydrogen-bond acceptors (Lipinski definition) is 2. The second kappa shape index (κ2) is 5.41. The topological polar surface area (TPSA) is 32.3 Å². The maximum Gasteiger partial charge on any atom is 0.152 e. The van der Waals surface area contributed by atoms with Crippen LogP contribution >= 0.6 is 23.2 Å². The van der Waals surface area contributed by atoms with Crippen molar-refractivity contribution in [3.05, 3.63) is 22.2 Å². The van der Waals surface area contributed by atoms with E-state index < -0.39 is 0 Å². The lowest BCUT2D eigenvalue weighted by molar-refractivity contribution is 0.177. The van der Waals surface area contributed by atoms with Gasteiger partial charge < -0.3 is 10.4 Å². The smallest absolute Gasteiger partial charge is 0.152 e. The van der Waals surface area contributed by atoms with Gasteiger partial charge in [0.15, 0.2) is 5.75 Å². The number of benzene rings is 1. The summed E-state index contributed by atoms with van der Waals surface area (Å²) in [5.74, 6) is 0.557. The second-order valence-electron chi connectivity index (χ2n) is 6.42. The van der Waals surface area contributed by atoms with Crippen molar-refractivity contribution >= 4 is 28.9 Å². The molecule has 1 aliphatic carbocycles. The Hall–Kier alpha value is -0.600. The molecule has 4 heteroatoms. The van der Waals surface area contributed by atoms with Gasteiger partial charge in [-0.3, -0.25) is 0 Å². The summed E-state index contributed by atoms with van der Waals surface area (Å²) < 4.78 is 0. The molecule has 0 aliphatic heterocycles. The molecule has 0 amide bonds. The predicted octanol–water partition coefficient (Wildman–Crippen LogP) is 5.33. The molecule has 2 nitrogen and oxygen atoms in total. The molecule has 2 N–H and O–H groups in total. The predicted molar refractivity (Wildman–Crippen MR) is 82.3 cm³/mol. The first kappa shape index (κ1) is 14.8. The van der Waals surface area contributed by atoms with Crippen molar-refractivity contribution in [2.45, 2.75) is 46.1 Å². The Bertz CT molecular complexity index is 450. The minimum absolute atomic E-state index is 0.0493. The van der Waals surface area contributed by atoms with E-state index in [1.807, 2.05) is 0 Å². The highest BCUT2D eigenvalue weighted by molar-refractivity contribution is 6.37. The van der Waals surface area contributed by atoms with Crippen LogP contribution in [0.3, 0.4) is 0 Å². The molecule has 106 valence electrons. The molecular formula is C15H21Cl2NO. The number of phenolic OH excluding ortho intramolecular Hbond substituents is 1. The third-order valence-corrected chi connectivity index (χ3v) is 4.64. The van der Waals surface area contributed by atoms with Gasteiger partial charge in [0, 0.05) is 11.7 Å². The second-order valence-corrected chi connectivity index (χ2v) is 7.24. The van der Waals surface area contributed by atoms with Crippen LogP contribution in [0.25, 0.3) is 0 Å². The molecule has 1 saturated carbocycles. The van der Waals surface area contributed by atoms with Crippen LogP contribution in [0.5, 0.6) is 5.75 Å². The summed E-state index contributed by atoms with van der Waals surface area (Å²) in [6.07, 6.45) is 3.57. The van der Waals surface area contributed by atoms with Gasteiger partial charge in [0.2, 0.25) is 0 Å². The summed E-state index contributed by atoms with van der Waals surface area (Å²) in [7, 11) is 0. The molecule has 1 aromatic rings. The zero-order valence-corrected chi connectivity index (χ0v) is 13.1. The Kier molecular flexibility index (Phi) is 4.22. The van der Waals surface area contributed by atoms with Gasteiger partial charge in [-0.25, -0.2) is 0 Å². The standard InChI is InChI=1S/C15H21Cl2NO/c1-9-8-15(2,3)5-4-13(9)18-10-6-11(16)14(19)12(17)7-10/h6-7,9,13,18-19H,4-5,8H2,1-3H3. The minimum atomic E-state index is -0.0493. The molecule has 2 rings (SSSR count). The van der Waals surface area contributed by atoms with Crippen LogP contribution in [0, 0.1) is 11.3 Å². The third-order valence-electron chi connectivity index (χ3n) is 4.06. The zero-order chi connectivity index (χ0) is 14.2. The summed E-state index contributed by atoms with van der Waals surface area (Å²) in [6.45, 7) is 6.93.